The molecule has 2 rings (SSSR count). The zero-order chi connectivity index (χ0) is 12.4. The predicted molar refractivity (Wildman–Crippen MR) is 70.7 cm³/mol. The first-order chi connectivity index (χ1) is 8.08. The van der Waals surface area contributed by atoms with E-state index in [1.54, 1.807) is 6.20 Å². The lowest BCUT2D eigenvalue weighted by molar-refractivity contribution is 0.459. The van der Waals surface area contributed by atoms with E-state index >= 15 is 0 Å². The van der Waals surface area contributed by atoms with E-state index in [2.05, 4.69) is 25.9 Å². The molecule has 0 atom stereocenters. The van der Waals surface area contributed by atoms with Crippen LogP contribution in [0.2, 0.25) is 5.15 Å². The second-order valence-corrected chi connectivity index (χ2v) is 4.78. The molecule has 3 nitrogen and oxygen atoms in total. The zero-order valence-corrected chi connectivity index (χ0v) is 11.7. The minimum Gasteiger partial charge on any atom is -0.436 e. The molecule has 0 fully saturated rings. The molecule has 1 heterocycles. The molecule has 5 heteroatoms. The smallest absolute Gasteiger partial charge is 0.257 e. The fraction of sp³-hybridized carbons (Fsp3) is 0.167. The van der Waals surface area contributed by atoms with E-state index in [9.17, 15) is 0 Å². The summed E-state index contributed by atoms with van der Waals surface area (Å²) in [6, 6.07) is 3.84. The van der Waals surface area contributed by atoms with Crippen LogP contribution >= 0.6 is 27.5 Å². The standard InChI is InChI=1S/C12H10BrClN2O/c1-7-5-9(6-8(2)10(7)13)17-12-11(14)15-3-4-16-12/h3-6H,1-2H3. The molecule has 0 unspecified atom stereocenters. The van der Waals surface area contributed by atoms with Crippen molar-refractivity contribution in [2.24, 2.45) is 0 Å². The van der Waals surface area contributed by atoms with Crippen LogP contribution in [0.5, 0.6) is 11.6 Å². The summed E-state index contributed by atoms with van der Waals surface area (Å²) in [5, 5.41) is 0.255. The Labute approximate surface area is 113 Å². The third kappa shape index (κ3) is 2.76. The summed E-state index contributed by atoms with van der Waals surface area (Å²) in [6.07, 6.45) is 3.06. The molecule has 0 radical (unpaired) electrons. The van der Waals surface area contributed by atoms with Crippen molar-refractivity contribution >= 4 is 27.5 Å². The van der Waals surface area contributed by atoms with Crippen molar-refractivity contribution in [3.05, 3.63) is 45.3 Å². The van der Waals surface area contributed by atoms with Gasteiger partial charge in [0, 0.05) is 16.9 Å². The molecule has 0 N–H and O–H groups in total. The lowest BCUT2D eigenvalue weighted by Gasteiger charge is -2.09. The maximum atomic E-state index is 5.88. The summed E-state index contributed by atoms with van der Waals surface area (Å²) in [4.78, 5) is 7.93. The highest BCUT2D eigenvalue weighted by atomic mass is 79.9. The van der Waals surface area contributed by atoms with Gasteiger partial charge in [-0.15, -0.1) is 0 Å². The van der Waals surface area contributed by atoms with Gasteiger partial charge >= 0.3 is 0 Å². The van der Waals surface area contributed by atoms with Gasteiger partial charge in [0.15, 0.2) is 5.15 Å². The van der Waals surface area contributed by atoms with Gasteiger partial charge in [-0.2, -0.15) is 0 Å². The number of nitrogens with zero attached hydrogens (tertiary/aromatic N) is 2. The van der Waals surface area contributed by atoms with Crippen molar-refractivity contribution in [3.8, 4) is 11.6 Å². The number of aryl methyl sites for hydroxylation is 2. The number of hydrogen-bond acceptors (Lipinski definition) is 3. The SMILES string of the molecule is Cc1cc(Oc2nccnc2Cl)cc(C)c1Br. The van der Waals surface area contributed by atoms with E-state index in [1.807, 2.05) is 26.0 Å². The molecule has 0 aliphatic rings. The summed E-state index contributed by atoms with van der Waals surface area (Å²) in [6.45, 7) is 4.00. The van der Waals surface area contributed by atoms with E-state index in [1.165, 1.54) is 6.20 Å². The molecule has 1 aromatic heterocycles. The van der Waals surface area contributed by atoms with Gasteiger partial charge in [-0.25, -0.2) is 9.97 Å². The van der Waals surface area contributed by atoms with Crippen LogP contribution in [0.1, 0.15) is 11.1 Å². The molecule has 0 bridgehead atoms. The van der Waals surface area contributed by atoms with Gasteiger partial charge < -0.3 is 4.74 Å². The summed E-state index contributed by atoms with van der Waals surface area (Å²) in [5.41, 5.74) is 2.19. The van der Waals surface area contributed by atoms with Crippen molar-refractivity contribution in [2.45, 2.75) is 13.8 Å². The number of benzene rings is 1. The Morgan fingerprint density at radius 2 is 1.71 bits per heavy atom. The van der Waals surface area contributed by atoms with E-state index in [0.29, 0.717) is 11.6 Å². The van der Waals surface area contributed by atoms with Gasteiger partial charge in [-0.05, 0) is 37.1 Å². The Morgan fingerprint density at radius 3 is 2.29 bits per heavy atom. The second kappa shape index (κ2) is 5.02. The minimum absolute atomic E-state index is 0.255. The fourth-order valence-electron chi connectivity index (χ4n) is 1.45. The Morgan fingerprint density at radius 1 is 1.12 bits per heavy atom. The normalized spacial score (nSPS) is 10.4. The molecule has 17 heavy (non-hydrogen) atoms. The molecular weight excluding hydrogens is 304 g/mol. The second-order valence-electron chi connectivity index (χ2n) is 3.63. The van der Waals surface area contributed by atoms with Gasteiger partial charge in [0.2, 0.25) is 0 Å². The number of rotatable bonds is 2. The Bertz CT molecular complexity index is 537. The van der Waals surface area contributed by atoms with Crippen LogP contribution in [0, 0.1) is 13.8 Å². The predicted octanol–water partition coefficient (Wildman–Crippen LogP) is 4.30. The van der Waals surface area contributed by atoms with Crippen molar-refractivity contribution in [3.63, 3.8) is 0 Å². The van der Waals surface area contributed by atoms with Crippen molar-refractivity contribution in [1.82, 2.24) is 9.97 Å². The highest BCUT2D eigenvalue weighted by Crippen LogP contribution is 2.30. The zero-order valence-electron chi connectivity index (χ0n) is 9.37. The summed E-state index contributed by atoms with van der Waals surface area (Å²) in [7, 11) is 0. The fourth-order valence-corrected chi connectivity index (χ4v) is 1.83. The Kier molecular flexibility index (Phi) is 3.64. The van der Waals surface area contributed by atoms with Crippen LogP contribution in [-0.2, 0) is 0 Å². The average molecular weight is 314 g/mol. The quantitative estimate of drug-likeness (QED) is 0.829. The lowest BCUT2D eigenvalue weighted by Crippen LogP contribution is -1.92. The Balaban J connectivity index is 2.34. The van der Waals surface area contributed by atoms with Gasteiger partial charge in [0.05, 0.1) is 0 Å². The maximum Gasteiger partial charge on any atom is 0.257 e. The summed E-state index contributed by atoms with van der Waals surface area (Å²) in [5.74, 6) is 1.01. The molecule has 0 aliphatic carbocycles. The van der Waals surface area contributed by atoms with Gasteiger partial charge in [-0.1, -0.05) is 27.5 Å². The van der Waals surface area contributed by atoms with Crippen molar-refractivity contribution in [1.29, 1.82) is 0 Å². The van der Waals surface area contributed by atoms with Crippen molar-refractivity contribution < 1.29 is 4.74 Å². The number of aromatic nitrogens is 2. The number of hydrogen-bond donors (Lipinski definition) is 0. The minimum atomic E-state index is 0.255. The van der Waals surface area contributed by atoms with Crippen LogP contribution < -0.4 is 4.74 Å². The van der Waals surface area contributed by atoms with Crippen LogP contribution in [0.25, 0.3) is 0 Å². The topological polar surface area (TPSA) is 35.0 Å². The first kappa shape index (κ1) is 12.3. The van der Waals surface area contributed by atoms with Crippen LogP contribution in [0.15, 0.2) is 29.0 Å². The third-order valence-corrected chi connectivity index (χ3v) is 3.76. The molecule has 88 valence electrons. The van der Waals surface area contributed by atoms with E-state index < -0.39 is 0 Å². The lowest BCUT2D eigenvalue weighted by atomic mass is 10.1. The van der Waals surface area contributed by atoms with Gasteiger partial charge in [0.1, 0.15) is 5.75 Å². The van der Waals surface area contributed by atoms with Crippen LogP contribution in [-0.4, -0.2) is 9.97 Å². The molecule has 0 amide bonds. The third-order valence-electron chi connectivity index (χ3n) is 2.25. The largest absolute Gasteiger partial charge is 0.436 e. The molecule has 1 aromatic carbocycles. The van der Waals surface area contributed by atoms with Gasteiger partial charge in [0.25, 0.3) is 5.88 Å². The molecule has 0 saturated carbocycles. The Hall–Kier alpha value is -1.13. The molecule has 0 aliphatic heterocycles. The highest BCUT2D eigenvalue weighted by molar-refractivity contribution is 9.10. The van der Waals surface area contributed by atoms with Crippen molar-refractivity contribution in [2.75, 3.05) is 0 Å². The molecule has 0 spiro atoms. The summed E-state index contributed by atoms with van der Waals surface area (Å²) >= 11 is 9.38. The molecular formula is C12H10BrClN2O. The first-order valence-electron chi connectivity index (χ1n) is 4.99. The number of halogens is 2. The monoisotopic (exact) mass is 312 g/mol. The highest BCUT2D eigenvalue weighted by Gasteiger charge is 2.08. The van der Waals surface area contributed by atoms with E-state index in [-0.39, 0.29) is 5.15 Å². The maximum absolute atomic E-state index is 5.88. The number of ether oxygens (including phenoxy) is 1. The molecule has 2 aromatic rings. The van der Waals surface area contributed by atoms with E-state index in [4.69, 9.17) is 16.3 Å². The molecule has 0 saturated heterocycles. The summed E-state index contributed by atoms with van der Waals surface area (Å²) < 4.78 is 6.68. The first-order valence-corrected chi connectivity index (χ1v) is 6.16. The van der Waals surface area contributed by atoms with E-state index in [0.717, 1.165) is 15.6 Å². The van der Waals surface area contributed by atoms with Crippen LogP contribution in [0.4, 0.5) is 0 Å². The van der Waals surface area contributed by atoms with Gasteiger partial charge in [-0.3, -0.25) is 0 Å². The average Bonchev–Trinajstić information content (AvgIpc) is 2.29. The van der Waals surface area contributed by atoms with Crippen LogP contribution in [0.3, 0.4) is 0 Å².